The standard InChI is InChI=1S/C10H14N2O5/c11-5-1-2-12(7(14)3-5)10-9(16)8(15)6(4-13)17-10/h1-3,6,8-10,13,15-16H,4,11H2/t6-,8-,9+,10-/m0/s1. The summed E-state index contributed by atoms with van der Waals surface area (Å²) in [4.78, 5) is 11.6. The summed E-state index contributed by atoms with van der Waals surface area (Å²) in [5.74, 6) is 0. The second-order valence-electron chi connectivity index (χ2n) is 3.93. The van der Waals surface area contributed by atoms with E-state index in [1.165, 1.54) is 18.3 Å². The molecule has 0 bridgehead atoms. The number of aliphatic hydroxyl groups excluding tert-OH is 3. The van der Waals surface area contributed by atoms with Crippen LogP contribution in [0.4, 0.5) is 5.69 Å². The van der Waals surface area contributed by atoms with E-state index in [0.717, 1.165) is 4.57 Å². The normalized spacial score (nSPS) is 32.9. The number of nitrogen functional groups attached to an aromatic ring is 1. The Morgan fingerprint density at radius 3 is 2.65 bits per heavy atom. The maximum absolute atomic E-state index is 11.6. The topological polar surface area (TPSA) is 118 Å². The zero-order chi connectivity index (χ0) is 12.6. The fourth-order valence-corrected chi connectivity index (χ4v) is 1.83. The molecule has 0 aliphatic carbocycles. The Bertz CT molecular complexity index is 460. The molecule has 94 valence electrons. The molecule has 0 unspecified atom stereocenters. The summed E-state index contributed by atoms with van der Waals surface area (Å²) in [6.07, 6.45) is -3.05. The molecule has 1 saturated heterocycles. The predicted octanol–water partition coefficient (Wildman–Crippen LogP) is -1.96. The highest BCUT2D eigenvalue weighted by Gasteiger charge is 2.43. The van der Waals surface area contributed by atoms with Gasteiger partial charge in [0.1, 0.15) is 18.3 Å². The lowest BCUT2D eigenvalue weighted by Crippen LogP contribution is -2.35. The maximum atomic E-state index is 11.6. The quantitative estimate of drug-likeness (QED) is 0.478. The predicted molar refractivity (Wildman–Crippen MR) is 58.1 cm³/mol. The van der Waals surface area contributed by atoms with E-state index in [1.807, 2.05) is 0 Å². The van der Waals surface area contributed by atoms with Crippen molar-refractivity contribution in [1.29, 1.82) is 0 Å². The minimum Gasteiger partial charge on any atom is -0.399 e. The van der Waals surface area contributed by atoms with Crippen LogP contribution in [0, 0.1) is 0 Å². The third kappa shape index (κ3) is 2.05. The van der Waals surface area contributed by atoms with Gasteiger partial charge in [0, 0.05) is 18.0 Å². The van der Waals surface area contributed by atoms with Crippen LogP contribution >= 0.6 is 0 Å². The first kappa shape index (κ1) is 12.1. The smallest absolute Gasteiger partial charge is 0.254 e. The van der Waals surface area contributed by atoms with Gasteiger partial charge in [0.25, 0.3) is 5.56 Å². The SMILES string of the molecule is Nc1ccn([C@H]2O[C@@H](CO)[C@H](O)[C@H]2O)c(=O)c1. The molecule has 0 radical (unpaired) electrons. The molecular weight excluding hydrogens is 228 g/mol. The number of rotatable bonds is 2. The van der Waals surface area contributed by atoms with Crippen molar-refractivity contribution in [3.63, 3.8) is 0 Å². The third-order valence-corrected chi connectivity index (χ3v) is 2.76. The zero-order valence-electron chi connectivity index (χ0n) is 8.93. The van der Waals surface area contributed by atoms with E-state index >= 15 is 0 Å². The molecular formula is C10H14N2O5. The maximum Gasteiger partial charge on any atom is 0.254 e. The summed E-state index contributed by atoms with van der Waals surface area (Å²) < 4.78 is 6.34. The van der Waals surface area contributed by atoms with Crippen LogP contribution in [0.3, 0.4) is 0 Å². The first-order chi connectivity index (χ1) is 8.04. The van der Waals surface area contributed by atoms with Crippen molar-refractivity contribution in [1.82, 2.24) is 4.57 Å². The lowest BCUT2D eigenvalue weighted by Gasteiger charge is -2.17. The second-order valence-corrected chi connectivity index (χ2v) is 3.93. The van der Waals surface area contributed by atoms with Gasteiger partial charge in [-0.15, -0.1) is 0 Å². The van der Waals surface area contributed by atoms with Crippen molar-refractivity contribution in [3.05, 3.63) is 28.7 Å². The summed E-state index contributed by atoms with van der Waals surface area (Å²) in [6, 6.07) is 2.67. The van der Waals surface area contributed by atoms with E-state index in [9.17, 15) is 15.0 Å². The van der Waals surface area contributed by atoms with Crippen LogP contribution in [0.2, 0.25) is 0 Å². The van der Waals surface area contributed by atoms with Crippen molar-refractivity contribution in [2.75, 3.05) is 12.3 Å². The molecule has 0 saturated carbocycles. The van der Waals surface area contributed by atoms with Crippen LogP contribution in [0.25, 0.3) is 0 Å². The fraction of sp³-hybridized carbons (Fsp3) is 0.500. The van der Waals surface area contributed by atoms with E-state index in [0.29, 0.717) is 5.69 Å². The minimum atomic E-state index is -1.27. The van der Waals surface area contributed by atoms with Gasteiger partial charge in [-0.05, 0) is 6.07 Å². The number of aliphatic hydroxyl groups is 3. The van der Waals surface area contributed by atoms with Crippen LogP contribution in [0.1, 0.15) is 6.23 Å². The number of aromatic nitrogens is 1. The highest BCUT2D eigenvalue weighted by Crippen LogP contribution is 2.28. The molecule has 4 atom stereocenters. The Labute approximate surface area is 96.7 Å². The second kappa shape index (κ2) is 4.46. The van der Waals surface area contributed by atoms with Crippen molar-refractivity contribution < 1.29 is 20.1 Å². The van der Waals surface area contributed by atoms with Gasteiger partial charge < -0.3 is 25.8 Å². The zero-order valence-corrected chi connectivity index (χ0v) is 8.93. The van der Waals surface area contributed by atoms with E-state index in [4.69, 9.17) is 15.6 Å². The number of pyridine rings is 1. The Hall–Kier alpha value is -1.41. The van der Waals surface area contributed by atoms with Gasteiger partial charge in [-0.2, -0.15) is 0 Å². The fourth-order valence-electron chi connectivity index (χ4n) is 1.83. The molecule has 0 amide bonds. The molecule has 1 aromatic rings. The minimum absolute atomic E-state index is 0.304. The van der Waals surface area contributed by atoms with Crippen LogP contribution < -0.4 is 11.3 Å². The van der Waals surface area contributed by atoms with Gasteiger partial charge in [-0.3, -0.25) is 9.36 Å². The first-order valence-corrected chi connectivity index (χ1v) is 5.14. The monoisotopic (exact) mass is 242 g/mol. The van der Waals surface area contributed by atoms with E-state index in [2.05, 4.69) is 0 Å². The van der Waals surface area contributed by atoms with E-state index in [1.54, 1.807) is 0 Å². The lowest BCUT2D eigenvalue weighted by molar-refractivity contribution is -0.0543. The summed E-state index contributed by atoms with van der Waals surface area (Å²) in [7, 11) is 0. The van der Waals surface area contributed by atoms with E-state index in [-0.39, 0.29) is 0 Å². The molecule has 1 aromatic heterocycles. The van der Waals surface area contributed by atoms with Crippen molar-refractivity contribution in [2.45, 2.75) is 24.5 Å². The van der Waals surface area contributed by atoms with Gasteiger partial charge >= 0.3 is 0 Å². The molecule has 17 heavy (non-hydrogen) atoms. The Morgan fingerprint density at radius 1 is 1.41 bits per heavy atom. The van der Waals surface area contributed by atoms with Crippen LogP contribution in [0.15, 0.2) is 23.1 Å². The van der Waals surface area contributed by atoms with Crippen LogP contribution in [-0.4, -0.2) is 44.8 Å². The number of nitrogens with two attached hydrogens (primary N) is 1. The van der Waals surface area contributed by atoms with Gasteiger partial charge in [0.15, 0.2) is 6.23 Å². The van der Waals surface area contributed by atoms with Gasteiger partial charge in [0.05, 0.1) is 6.61 Å². The van der Waals surface area contributed by atoms with Gasteiger partial charge in [-0.1, -0.05) is 0 Å². The molecule has 0 aromatic carbocycles. The number of hydrogen-bond donors (Lipinski definition) is 4. The van der Waals surface area contributed by atoms with Crippen LogP contribution in [0.5, 0.6) is 0 Å². The number of ether oxygens (including phenoxy) is 1. The van der Waals surface area contributed by atoms with Crippen molar-refractivity contribution in [3.8, 4) is 0 Å². The summed E-state index contributed by atoms with van der Waals surface area (Å²) in [5, 5.41) is 28.2. The first-order valence-electron chi connectivity index (χ1n) is 5.14. The number of anilines is 1. The van der Waals surface area contributed by atoms with E-state index < -0.39 is 36.7 Å². The van der Waals surface area contributed by atoms with Crippen molar-refractivity contribution >= 4 is 5.69 Å². The molecule has 2 rings (SSSR count). The summed E-state index contributed by atoms with van der Waals surface area (Å²) in [6.45, 7) is -0.432. The molecule has 5 N–H and O–H groups in total. The molecule has 2 heterocycles. The van der Waals surface area contributed by atoms with Gasteiger partial charge in [-0.25, -0.2) is 0 Å². The number of hydrogen-bond acceptors (Lipinski definition) is 6. The molecule has 1 fully saturated rings. The largest absolute Gasteiger partial charge is 0.399 e. The molecule has 7 nitrogen and oxygen atoms in total. The Balaban J connectivity index is 2.32. The summed E-state index contributed by atoms with van der Waals surface area (Å²) >= 11 is 0. The Morgan fingerprint density at radius 2 is 2.12 bits per heavy atom. The molecule has 0 spiro atoms. The molecule has 1 aliphatic rings. The van der Waals surface area contributed by atoms with Gasteiger partial charge in [0.2, 0.25) is 0 Å². The molecule has 1 aliphatic heterocycles. The lowest BCUT2D eigenvalue weighted by atomic mass is 10.1. The highest BCUT2D eigenvalue weighted by molar-refractivity contribution is 5.34. The number of nitrogens with zero attached hydrogens (tertiary/aromatic N) is 1. The average Bonchev–Trinajstić information content (AvgIpc) is 2.57. The average molecular weight is 242 g/mol. The summed E-state index contributed by atoms with van der Waals surface area (Å²) in [5.41, 5.74) is 5.29. The Kier molecular flexibility index (Phi) is 3.16. The highest BCUT2D eigenvalue weighted by atomic mass is 16.6. The van der Waals surface area contributed by atoms with Crippen molar-refractivity contribution in [2.24, 2.45) is 0 Å². The molecule has 7 heteroatoms. The van der Waals surface area contributed by atoms with Crippen LogP contribution in [-0.2, 0) is 4.74 Å². The third-order valence-electron chi connectivity index (χ3n) is 2.76.